The zero-order valence-electron chi connectivity index (χ0n) is 13.0. The summed E-state index contributed by atoms with van der Waals surface area (Å²) >= 11 is 1.24. The lowest BCUT2D eigenvalue weighted by Gasteiger charge is -2.17. The molecule has 1 N–H and O–H groups in total. The molecule has 0 unspecified atom stereocenters. The van der Waals surface area contributed by atoms with Gasteiger partial charge in [-0.05, 0) is 35.7 Å². The molecule has 0 spiro atoms. The molecule has 0 bridgehead atoms. The average molecular weight is 355 g/mol. The van der Waals surface area contributed by atoms with Crippen molar-refractivity contribution in [3.63, 3.8) is 0 Å². The van der Waals surface area contributed by atoms with Crippen LogP contribution in [-0.2, 0) is 9.53 Å². The Morgan fingerprint density at radius 2 is 1.68 bits per heavy atom. The van der Waals surface area contributed by atoms with E-state index < -0.39 is 23.8 Å². The summed E-state index contributed by atoms with van der Waals surface area (Å²) in [5, 5.41) is 4.40. The quantitative estimate of drug-likeness (QED) is 0.689. The van der Waals surface area contributed by atoms with Gasteiger partial charge in [0.2, 0.25) is 6.10 Å². The molecule has 0 radical (unpaired) electrons. The zero-order valence-corrected chi connectivity index (χ0v) is 13.8. The molecule has 1 aromatic heterocycles. The van der Waals surface area contributed by atoms with Crippen molar-refractivity contribution < 1.29 is 18.7 Å². The highest BCUT2D eigenvalue weighted by molar-refractivity contribution is 7.11. The van der Waals surface area contributed by atoms with Crippen LogP contribution in [0.5, 0.6) is 0 Å². The van der Waals surface area contributed by atoms with E-state index >= 15 is 0 Å². The molecule has 3 aromatic rings. The number of hydrogen-bond acceptors (Lipinski definition) is 4. The predicted molar refractivity (Wildman–Crippen MR) is 93.9 cm³/mol. The molecule has 0 fully saturated rings. The summed E-state index contributed by atoms with van der Waals surface area (Å²) in [7, 11) is 0. The maximum atomic E-state index is 13.0. The number of carbonyl (C=O) groups is 2. The highest BCUT2D eigenvalue weighted by Gasteiger charge is 2.26. The molecule has 2 aromatic carbocycles. The number of esters is 1. The summed E-state index contributed by atoms with van der Waals surface area (Å²) in [4.78, 5) is 25.3. The molecule has 3 rings (SSSR count). The first kappa shape index (κ1) is 16.9. The standard InChI is InChI=1S/C19H14FNO3S/c20-14-8-10-15(11-9-14)21-18(22)17(13-5-2-1-3-6-13)24-19(23)16-7-4-12-25-16/h1-12,17H,(H,21,22)/t17-/m1/s1. The lowest BCUT2D eigenvalue weighted by Crippen LogP contribution is -2.25. The zero-order chi connectivity index (χ0) is 17.6. The Morgan fingerprint density at radius 3 is 2.32 bits per heavy atom. The van der Waals surface area contributed by atoms with Gasteiger partial charge in [0.25, 0.3) is 5.91 Å². The van der Waals surface area contributed by atoms with Crippen molar-refractivity contribution in [2.45, 2.75) is 6.10 Å². The summed E-state index contributed by atoms with van der Waals surface area (Å²) in [6, 6.07) is 17.5. The second-order valence-corrected chi connectivity index (χ2v) is 6.12. The summed E-state index contributed by atoms with van der Waals surface area (Å²) in [6.07, 6.45) is -1.11. The van der Waals surface area contributed by atoms with Gasteiger partial charge in [-0.2, -0.15) is 0 Å². The number of rotatable bonds is 5. The number of benzene rings is 2. The molecule has 0 saturated carbocycles. The monoisotopic (exact) mass is 355 g/mol. The van der Waals surface area contributed by atoms with Gasteiger partial charge in [-0.1, -0.05) is 36.4 Å². The van der Waals surface area contributed by atoms with Crippen molar-refractivity contribution in [3.05, 3.63) is 88.4 Å². The first-order valence-corrected chi connectivity index (χ1v) is 8.37. The Kier molecular flexibility index (Phi) is 5.20. The largest absolute Gasteiger partial charge is 0.443 e. The summed E-state index contributed by atoms with van der Waals surface area (Å²) < 4.78 is 18.4. The minimum atomic E-state index is -1.11. The maximum absolute atomic E-state index is 13.0. The van der Waals surface area contributed by atoms with Gasteiger partial charge in [0.1, 0.15) is 10.7 Å². The number of carbonyl (C=O) groups excluding carboxylic acids is 2. The first-order valence-electron chi connectivity index (χ1n) is 7.49. The molecule has 0 aliphatic heterocycles. The van der Waals surface area contributed by atoms with Crippen molar-refractivity contribution >= 4 is 28.9 Å². The van der Waals surface area contributed by atoms with Crippen LogP contribution in [0.4, 0.5) is 10.1 Å². The van der Waals surface area contributed by atoms with Crippen LogP contribution in [0.25, 0.3) is 0 Å². The molecule has 0 aliphatic rings. The van der Waals surface area contributed by atoms with Crippen LogP contribution in [0.3, 0.4) is 0 Å². The van der Waals surface area contributed by atoms with Crippen molar-refractivity contribution in [1.82, 2.24) is 0 Å². The Bertz CT molecular complexity index is 848. The van der Waals surface area contributed by atoms with Crippen molar-refractivity contribution in [3.8, 4) is 0 Å². The van der Waals surface area contributed by atoms with E-state index in [1.165, 1.54) is 35.6 Å². The van der Waals surface area contributed by atoms with Crippen LogP contribution in [0.15, 0.2) is 72.1 Å². The normalized spacial score (nSPS) is 11.6. The third kappa shape index (κ3) is 4.30. The minimum absolute atomic E-state index is 0.401. The van der Waals surface area contributed by atoms with Gasteiger partial charge in [-0.3, -0.25) is 4.79 Å². The maximum Gasteiger partial charge on any atom is 0.349 e. The molecule has 4 nitrogen and oxygen atoms in total. The molecule has 1 heterocycles. The second kappa shape index (κ2) is 7.72. The highest BCUT2D eigenvalue weighted by atomic mass is 32.1. The van der Waals surface area contributed by atoms with Crippen LogP contribution in [0, 0.1) is 5.82 Å². The molecule has 25 heavy (non-hydrogen) atoms. The van der Waals surface area contributed by atoms with Crippen LogP contribution in [0.2, 0.25) is 0 Å². The highest BCUT2D eigenvalue weighted by Crippen LogP contribution is 2.23. The molecule has 126 valence electrons. The van der Waals surface area contributed by atoms with Gasteiger partial charge in [-0.25, -0.2) is 9.18 Å². The topological polar surface area (TPSA) is 55.4 Å². The first-order chi connectivity index (χ1) is 12.1. The lowest BCUT2D eigenvalue weighted by atomic mass is 10.1. The van der Waals surface area contributed by atoms with E-state index in [1.807, 2.05) is 0 Å². The van der Waals surface area contributed by atoms with Gasteiger partial charge in [0.05, 0.1) is 0 Å². The van der Waals surface area contributed by atoms with Gasteiger partial charge < -0.3 is 10.1 Å². The third-order valence-corrected chi connectivity index (χ3v) is 4.25. The van der Waals surface area contributed by atoms with E-state index in [0.29, 0.717) is 16.1 Å². The van der Waals surface area contributed by atoms with Crippen molar-refractivity contribution in [1.29, 1.82) is 0 Å². The van der Waals surface area contributed by atoms with Crippen LogP contribution < -0.4 is 5.32 Å². The number of nitrogens with one attached hydrogen (secondary N) is 1. The van der Waals surface area contributed by atoms with E-state index in [9.17, 15) is 14.0 Å². The molecular formula is C19H14FNO3S. The molecular weight excluding hydrogens is 341 g/mol. The fraction of sp³-hybridized carbons (Fsp3) is 0.0526. The Morgan fingerprint density at radius 1 is 0.960 bits per heavy atom. The van der Waals surface area contributed by atoms with E-state index in [-0.39, 0.29) is 0 Å². The molecule has 1 amide bonds. The Balaban J connectivity index is 1.81. The summed E-state index contributed by atoms with van der Waals surface area (Å²) in [5.74, 6) is -1.48. The number of halogens is 1. The number of ether oxygens (including phenoxy) is 1. The number of hydrogen-bond donors (Lipinski definition) is 1. The minimum Gasteiger partial charge on any atom is -0.443 e. The van der Waals surface area contributed by atoms with Crippen molar-refractivity contribution in [2.75, 3.05) is 5.32 Å². The van der Waals surface area contributed by atoms with Crippen molar-refractivity contribution in [2.24, 2.45) is 0 Å². The van der Waals surface area contributed by atoms with Crippen LogP contribution in [0.1, 0.15) is 21.3 Å². The average Bonchev–Trinajstić information content (AvgIpc) is 3.17. The van der Waals surface area contributed by atoms with Gasteiger partial charge in [-0.15, -0.1) is 11.3 Å². The van der Waals surface area contributed by atoms with Crippen LogP contribution in [-0.4, -0.2) is 11.9 Å². The number of anilines is 1. The summed E-state index contributed by atoms with van der Waals surface area (Å²) in [5.41, 5.74) is 0.964. The van der Waals surface area contributed by atoms with E-state index in [0.717, 1.165) is 0 Å². The SMILES string of the molecule is O=C(O[C@@H](C(=O)Nc1ccc(F)cc1)c1ccccc1)c1cccs1. The fourth-order valence-corrected chi connectivity index (χ4v) is 2.81. The lowest BCUT2D eigenvalue weighted by molar-refractivity contribution is -0.125. The summed E-state index contributed by atoms with van der Waals surface area (Å²) in [6.45, 7) is 0. The predicted octanol–water partition coefficient (Wildman–Crippen LogP) is 4.42. The second-order valence-electron chi connectivity index (χ2n) is 5.17. The number of thiophene rings is 1. The van der Waals surface area contributed by atoms with Gasteiger partial charge in [0.15, 0.2) is 0 Å². The molecule has 1 atom stereocenters. The van der Waals surface area contributed by atoms with Gasteiger partial charge >= 0.3 is 5.97 Å². The Hall–Kier alpha value is -2.99. The molecule has 6 heteroatoms. The van der Waals surface area contributed by atoms with E-state index in [2.05, 4.69) is 5.32 Å². The molecule has 0 saturated heterocycles. The Labute approximate surface area is 147 Å². The smallest absolute Gasteiger partial charge is 0.349 e. The van der Waals surface area contributed by atoms with E-state index in [4.69, 9.17) is 4.74 Å². The molecule has 0 aliphatic carbocycles. The third-order valence-electron chi connectivity index (χ3n) is 3.40. The van der Waals surface area contributed by atoms with Gasteiger partial charge in [0, 0.05) is 11.3 Å². The van der Waals surface area contributed by atoms with E-state index in [1.54, 1.807) is 47.8 Å². The van der Waals surface area contributed by atoms with Crippen LogP contribution >= 0.6 is 11.3 Å². The fourth-order valence-electron chi connectivity index (χ4n) is 2.20. The number of amides is 1.